The Bertz CT molecular complexity index is 301. The number of benzene rings is 1. The molecule has 0 atom stereocenters. The van der Waals surface area contributed by atoms with Gasteiger partial charge in [-0.1, -0.05) is 0 Å². The van der Waals surface area contributed by atoms with E-state index < -0.39 is 23.3 Å². The summed E-state index contributed by atoms with van der Waals surface area (Å²) in [7, 11) is 5.85. The third kappa shape index (κ3) is 3.27. The second-order valence-electron chi connectivity index (χ2n) is 2.55. The molecule has 0 saturated carbocycles. The molecule has 0 unspecified atom stereocenters. The molecular formula is C9H9ClHgO2. The van der Waals surface area contributed by atoms with Gasteiger partial charge in [0.25, 0.3) is 0 Å². The first kappa shape index (κ1) is 11.0. The van der Waals surface area contributed by atoms with Crippen LogP contribution >= 0.6 is 8.25 Å². The molecule has 1 aromatic rings. The van der Waals surface area contributed by atoms with Crippen LogP contribution in [0.5, 0.6) is 0 Å². The number of halogens is 1. The Hall–Kier alpha value is -0.0849. The van der Waals surface area contributed by atoms with Gasteiger partial charge in [0.15, 0.2) is 0 Å². The molecule has 1 aromatic carbocycles. The fourth-order valence-electron chi connectivity index (χ4n) is 0.996. The van der Waals surface area contributed by atoms with Crippen LogP contribution in [0, 0.1) is 0 Å². The molecule has 0 aliphatic heterocycles. The first-order valence-electron chi connectivity index (χ1n) is 4.10. The van der Waals surface area contributed by atoms with Gasteiger partial charge >= 0.3 is 93.5 Å². The van der Waals surface area contributed by atoms with Crippen molar-refractivity contribution in [3.8, 4) is 0 Å². The van der Waals surface area contributed by atoms with E-state index in [1.54, 1.807) is 13.0 Å². The quantitative estimate of drug-likeness (QED) is 0.585. The van der Waals surface area contributed by atoms with Crippen molar-refractivity contribution in [2.75, 3.05) is 6.61 Å². The predicted octanol–water partition coefficient (Wildman–Crippen LogP) is 1.72. The molecular weight excluding hydrogens is 376 g/mol. The first-order chi connectivity index (χ1) is 6.27. The molecule has 0 saturated heterocycles. The first-order valence-corrected chi connectivity index (χ1v) is 13.6. The molecule has 0 bridgehead atoms. The second kappa shape index (κ2) is 5.60. The molecule has 0 spiro atoms. The van der Waals surface area contributed by atoms with E-state index in [-0.39, 0.29) is 5.97 Å². The van der Waals surface area contributed by atoms with Gasteiger partial charge in [-0.2, -0.15) is 0 Å². The monoisotopic (exact) mass is 386 g/mol. The molecule has 13 heavy (non-hydrogen) atoms. The Morgan fingerprint density at radius 3 is 3.00 bits per heavy atom. The normalized spacial score (nSPS) is 9.08. The molecule has 2 nitrogen and oxygen atoms in total. The van der Waals surface area contributed by atoms with Gasteiger partial charge in [-0.15, -0.1) is 0 Å². The van der Waals surface area contributed by atoms with E-state index in [1.165, 1.54) is 0 Å². The van der Waals surface area contributed by atoms with Crippen molar-refractivity contribution >= 4 is 17.3 Å². The molecule has 0 radical (unpaired) electrons. The third-order valence-electron chi connectivity index (χ3n) is 1.59. The van der Waals surface area contributed by atoms with E-state index in [0.717, 1.165) is 3.07 Å². The zero-order valence-electron chi connectivity index (χ0n) is 7.42. The van der Waals surface area contributed by atoms with Crippen molar-refractivity contribution in [3.63, 3.8) is 0 Å². The van der Waals surface area contributed by atoms with Crippen molar-refractivity contribution in [1.82, 2.24) is 0 Å². The van der Waals surface area contributed by atoms with Crippen LogP contribution in [0.25, 0.3) is 0 Å². The summed E-state index contributed by atoms with van der Waals surface area (Å²) in [6.45, 7) is 2.21. The third-order valence-corrected chi connectivity index (χ3v) is 7.21. The maximum atomic E-state index is 11.3. The summed E-state index contributed by atoms with van der Waals surface area (Å²) in [6, 6.07) is 7.41. The predicted molar refractivity (Wildman–Crippen MR) is 47.9 cm³/mol. The van der Waals surface area contributed by atoms with Crippen molar-refractivity contribution in [2.45, 2.75) is 6.92 Å². The average Bonchev–Trinajstić information content (AvgIpc) is 2.18. The number of carbonyl (C=O) groups excluding carboxylic acids is 1. The minimum atomic E-state index is -1.38. The van der Waals surface area contributed by atoms with Crippen LogP contribution in [0.2, 0.25) is 0 Å². The molecule has 0 aliphatic carbocycles. The summed E-state index contributed by atoms with van der Waals surface area (Å²) < 4.78 is 6.02. The number of hydrogen-bond acceptors (Lipinski definition) is 2. The van der Waals surface area contributed by atoms with E-state index in [0.29, 0.717) is 12.2 Å². The molecule has 0 N–H and O–H groups in total. The molecule has 0 aromatic heterocycles. The fourth-order valence-corrected chi connectivity index (χ4v) is 4.48. The van der Waals surface area contributed by atoms with Crippen LogP contribution in [0.15, 0.2) is 24.3 Å². The zero-order valence-corrected chi connectivity index (χ0v) is 13.7. The van der Waals surface area contributed by atoms with Crippen LogP contribution in [-0.4, -0.2) is 12.6 Å². The van der Waals surface area contributed by atoms with E-state index in [2.05, 4.69) is 0 Å². The Kier molecular flexibility index (Phi) is 4.74. The van der Waals surface area contributed by atoms with Crippen molar-refractivity contribution in [2.24, 2.45) is 0 Å². The maximum absolute atomic E-state index is 11.3. The Morgan fingerprint density at radius 2 is 2.38 bits per heavy atom. The molecule has 0 aliphatic rings. The summed E-state index contributed by atoms with van der Waals surface area (Å²) in [5, 5.41) is 0. The van der Waals surface area contributed by atoms with Crippen LogP contribution in [0.3, 0.4) is 0 Å². The molecule has 0 heterocycles. The van der Waals surface area contributed by atoms with Crippen molar-refractivity contribution in [3.05, 3.63) is 29.8 Å². The molecule has 0 amide bonds. The number of esters is 1. The Morgan fingerprint density at radius 1 is 1.62 bits per heavy atom. The average molecular weight is 385 g/mol. The molecule has 4 heteroatoms. The van der Waals surface area contributed by atoms with Gasteiger partial charge in [0.2, 0.25) is 0 Å². The Labute approximate surface area is 93.1 Å². The van der Waals surface area contributed by atoms with Gasteiger partial charge in [-0.3, -0.25) is 0 Å². The van der Waals surface area contributed by atoms with Crippen LogP contribution < -0.4 is 3.07 Å². The van der Waals surface area contributed by atoms with Crippen molar-refractivity contribution in [1.29, 1.82) is 0 Å². The number of ether oxygens (including phenoxy) is 1. The summed E-state index contributed by atoms with van der Waals surface area (Å²) in [4.78, 5) is 11.3. The minimum absolute atomic E-state index is 0.261. The summed E-state index contributed by atoms with van der Waals surface area (Å²) in [6.07, 6.45) is 0. The fraction of sp³-hybridized carbons (Fsp3) is 0.222. The van der Waals surface area contributed by atoms with Crippen LogP contribution in [0.1, 0.15) is 17.3 Å². The van der Waals surface area contributed by atoms with E-state index >= 15 is 0 Å². The van der Waals surface area contributed by atoms with Crippen molar-refractivity contribution < 1.29 is 32.9 Å². The van der Waals surface area contributed by atoms with Gasteiger partial charge in [0.05, 0.1) is 0 Å². The number of hydrogen-bond donors (Lipinski definition) is 0. The molecule has 0 fully saturated rings. The standard InChI is InChI=1S/C9H9O2.ClH.Hg/c1-2-11-9(10)8-6-4-3-5-7-8;;/h3-4,6-7H,2H2,1H3;1H;/q;;+1/p-1. The summed E-state index contributed by atoms with van der Waals surface area (Å²) in [5.41, 5.74) is 0.611. The Balaban J connectivity index is 2.82. The van der Waals surface area contributed by atoms with E-state index in [9.17, 15) is 4.79 Å². The van der Waals surface area contributed by atoms with Gasteiger partial charge in [-0.05, 0) is 0 Å². The zero-order chi connectivity index (χ0) is 9.68. The van der Waals surface area contributed by atoms with Gasteiger partial charge in [-0.25, -0.2) is 0 Å². The molecule has 66 valence electrons. The number of rotatable bonds is 3. The van der Waals surface area contributed by atoms with Gasteiger partial charge < -0.3 is 0 Å². The van der Waals surface area contributed by atoms with Crippen LogP contribution in [0.4, 0.5) is 0 Å². The SMILES string of the molecule is CCOC(=O)c1ccc[c]([Hg][Cl])c1. The van der Waals surface area contributed by atoms with E-state index in [1.807, 2.05) is 18.2 Å². The summed E-state index contributed by atoms with van der Waals surface area (Å²) >= 11 is -1.38. The van der Waals surface area contributed by atoms with Gasteiger partial charge in [0.1, 0.15) is 0 Å². The second-order valence-corrected chi connectivity index (χ2v) is 9.11. The molecule has 1 rings (SSSR count). The summed E-state index contributed by atoms with van der Waals surface area (Å²) in [5.74, 6) is -0.261. The van der Waals surface area contributed by atoms with E-state index in [4.69, 9.17) is 13.0 Å². The topological polar surface area (TPSA) is 26.3 Å². The van der Waals surface area contributed by atoms with Crippen LogP contribution in [-0.2, 0) is 28.1 Å². The van der Waals surface area contributed by atoms with Gasteiger partial charge in [0, 0.05) is 0 Å². The number of carbonyl (C=O) groups is 1.